The Hall–Kier alpha value is -2.04. The molecule has 5 heteroatoms. The van der Waals surface area contributed by atoms with E-state index in [0.717, 1.165) is 6.42 Å². The lowest BCUT2D eigenvalue weighted by molar-refractivity contribution is -0.119. The van der Waals surface area contributed by atoms with Crippen molar-refractivity contribution in [3.63, 3.8) is 0 Å². The van der Waals surface area contributed by atoms with Crippen molar-refractivity contribution >= 4 is 23.2 Å². The van der Waals surface area contributed by atoms with Crippen LogP contribution < -0.4 is 15.4 Å². The van der Waals surface area contributed by atoms with Crippen LogP contribution >= 0.6 is 0 Å². The van der Waals surface area contributed by atoms with E-state index in [4.69, 9.17) is 4.74 Å². The topological polar surface area (TPSA) is 67.4 Å². The summed E-state index contributed by atoms with van der Waals surface area (Å²) in [5.41, 5.74) is 1.25. The van der Waals surface area contributed by atoms with Gasteiger partial charge in [-0.15, -0.1) is 0 Å². The van der Waals surface area contributed by atoms with Crippen LogP contribution in [0.2, 0.25) is 0 Å². The van der Waals surface area contributed by atoms with Gasteiger partial charge in [0.25, 0.3) is 0 Å². The number of hydrogen-bond acceptors (Lipinski definition) is 3. The maximum Gasteiger partial charge on any atom is 0.227 e. The highest BCUT2D eigenvalue weighted by atomic mass is 16.5. The second kappa shape index (κ2) is 7.53. The molecule has 0 radical (unpaired) electrons. The molecule has 0 saturated heterocycles. The highest BCUT2D eigenvalue weighted by molar-refractivity contribution is 5.95. The van der Waals surface area contributed by atoms with Gasteiger partial charge in [0.15, 0.2) is 0 Å². The molecule has 5 nitrogen and oxygen atoms in total. The van der Waals surface area contributed by atoms with Gasteiger partial charge in [-0.1, -0.05) is 20.8 Å². The van der Waals surface area contributed by atoms with Crippen molar-refractivity contribution in [2.45, 2.75) is 33.6 Å². The lowest BCUT2D eigenvalue weighted by Crippen LogP contribution is -2.18. The normalized spacial score (nSPS) is 10.2. The Morgan fingerprint density at radius 3 is 2.50 bits per heavy atom. The second-order valence-electron chi connectivity index (χ2n) is 4.86. The van der Waals surface area contributed by atoms with Crippen LogP contribution in [0.5, 0.6) is 5.75 Å². The van der Waals surface area contributed by atoms with Gasteiger partial charge in [-0.25, -0.2) is 0 Å². The molecule has 0 aliphatic heterocycles. The molecule has 0 aliphatic carbocycles. The Morgan fingerprint density at radius 2 is 1.95 bits per heavy atom. The van der Waals surface area contributed by atoms with E-state index in [9.17, 15) is 9.59 Å². The fraction of sp³-hybridized carbons (Fsp3) is 0.467. The molecular formula is C15H22N2O3. The first kappa shape index (κ1) is 16.0. The van der Waals surface area contributed by atoms with Crippen LogP contribution in [0.4, 0.5) is 11.4 Å². The van der Waals surface area contributed by atoms with Gasteiger partial charge < -0.3 is 15.4 Å². The lowest BCUT2D eigenvalue weighted by atomic mass is 10.2. The first-order valence-corrected chi connectivity index (χ1v) is 6.76. The number of hydrogen-bond donors (Lipinski definition) is 2. The number of benzene rings is 1. The van der Waals surface area contributed by atoms with Gasteiger partial charge in [-0.2, -0.15) is 0 Å². The number of anilines is 2. The van der Waals surface area contributed by atoms with Gasteiger partial charge in [0, 0.05) is 24.1 Å². The maximum absolute atomic E-state index is 11.7. The average molecular weight is 278 g/mol. The van der Waals surface area contributed by atoms with Gasteiger partial charge >= 0.3 is 0 Å². The van der Waals surface area contributed by atoms with Crippen molar-refractivity contribution in [1.29, 1.82) is 0 Å². The number of nitrogens with one attached hydrogen (secondary N) is 2. The molecular weight excluding hydrogens is 256 g/mol. The molecule has 0 spiro atoms. The molecule has 0 unspecified atom stereocenters. The summed E-state index contributed by atoms with van der Waals surface area (Å²) >= 11 is 0. The van der Waals surface area contributed by atoms with Crippen LogP contribution in [0, 0.1) is 5.92 Å². The molecule has 1 aromatic carbocycles. The zero-order valence-electron chi connectivity index (χ0n) is 12.4. The number of rotatable bonds is 6. The van der Waals surface area contributed by atoms with E-state index in [-0.39, 0.29) is 17.7 Å². The fourth-order valence-electron chi connectivity index (χ4n) is 1.60. The summed E-state index contributed by atoms with van der Waals surface area (Å²) in [6.07, 6.45) is 1.28. The van der Waals surface area contributed by atoms with Crippen molar-refractivity contribution in [1.82, 2.24) is 0 Å². The predicted molar refractivity (Wildman–Crippen MR) is 80.0 cm³/mol. The molecule has 0 heterocycles. The van der Waals surface area contributed by atoms with Gasteiger partial charge in [0.1, 0.15) is 5.75 Å². The summed E-state index contributed by atoms with van der Waals surface area (Å²) in [6.45, 7) is 5.59. The molecule has 0 saturated carbocycles. The molecule has 2 amide bonds. The van der Waals surface area contributed by atoms with E-state index < -0.39 is 0 Å². The van der Waals surface area contributed by atoms with Crippen LogP contribution in [-0.2, 0) is 9.59 Å². The second-order valence-corrected chi connectivity index (χ2v) is 4.86. The average Bonchev–Trinajstić information content (AvgIpc) is 2.40. The first-order valence-electron chi connectivity index (χ1n) is 6.76. The number of carbonyl (C=O) groups excluding carboxylic acids is 2. The highest BCUT2D eigenvalue weighted by Gasteiger charge is 2.12. The smallest absolute Gasteiger partial charge is 0.227 e. The van der Waals surface area contributed by atoms with E-state index in [0.29, 0.717) is 23.5 Å². The van der Waals surface area contributed by atoms with Crippen molar-refractivity contribution in [2.24, 2.45) is 5.92 Å². The van der Waals surface area contributed by atoms with E-state index in [1.54, 1.807) is 18.2 Å². The van der Waals surface area contributed by atoms with Crippen molar-refractivity contribution in [3.05, 3.63) is 18.2 Å². The summed E-state index contributed by atoms with van der Waals surface area (Å²) in [5.74, 6) is 0.302. The van der Waals surface area contributed by atoms with Crippen molar-refractivity contribution in [3.8, 4) is 5.75 Å². The Bertz CT molecular complexity index is 484. The summed E-state index contributed by atoms with van der Waals surface area (Å²) in [6, 6.07) is 5.16. The Morgan fingerprint density at radius 1 is 1.25 bits per heavy atom. The summed E-state index contributed by atoms with van der Waals surface area (Å²) in [4.78, 5) is 23.2. The van der Waals surface area contributed by atoms with Gasteiger partial charge in [0.05, 0.1) is 12.8 Å². The third-order valence-corrected chi connectivity index (χ3v) is 2.74. The fourth-order valence-corrected chi connectivity index (χ4v) is 1.60. The minimum absolute atomic E-state index is 0.0338. The molecule has 0 aromatic heterocycles. The van der Waals surface area contributed by atoms with Crippen LogP contribution in [0.1, 0.15) is 33.6 Å². The molecule has 0 aliphatic rings. The summed E-state index contributed by atoms with van der Waals surface area (Å²) in [7, 11) is 1.53. The number of ether oxygens (including phenoxy) is 1. The summed E-state index contributed by atoms with van der Waals surface area (Å²) in [5, 5.41) is 5.58. The van der Waals surface area contributed by atoms with E-state index in [2.05, 4.69) is 10.6 Å². The van der Waals surface area contributed by atoms with Crippen LogP contribution in [0.25, 0.3) is 0 Å². The van der Waals surface area contributed by atoms with E-state index >= 15 is 0 Å². The molecule has 2 N–H and O–H groups in total. The molecule has 0 bridgehead atoms. The molecule has 20 heavy (non-hydrogen) atoms. The van der Waals surface area contributed by atoms with Crippen molar-refractivity contribution < 1.29 is 14.3 Å². The van der Waals surface area contributed by atoms with Crippen LogP contribution in [0.3, 0.4) is 0 Å². The van der Waals surface area contributed by atoms with Gasteiger partial charge in [-0.3, -0.25) is 9.59 Å². The first-order chi connectivity index (χ1) is 9.47. The largest absolute Gasteiger partial charge is 0.494 e. The van der Waals surface area contributed by atoms with Crippen LogP contribution in [-0.4, -0.2) is 18.9 Å². The van der Waals surface area contributed by atoms with Crippen molar-refractivity contribution in [2.75, 3.05) is 17.7 Å². The van der Waals surface area contributed by atoms with E-state index in [1.165, 1.54) is 7.11 Å². The Labute approximate surface area is 119 Å². The zero-order chi connectivity index (χ0) is 15.1. The molecule has 110 valence electrons. The predicted octanol–water partition coefficient (Wildman–Crippen LogP) is 3.03. The third kappa shape index (κ3) is 4.57. The minimum Gasteiger partial charge on any atom is -0.494 e. The molecule has 0 fully saturated rings. The quantitative estimate of drug-likeness (QED) is 0.840. The number of methoxy groups -OCH3 is 1. The number of amides is 2. The maximum atomic E-state index is 11.7. The van der Waals surface area contributed by atoms with Gasteiger partial charge in [0.2, 0.25) is 11.8 Å². The minimum atomic E-state index is -0.108. The zero-order valence-corrected chi connectivity index (χ0v) is 12.4. The summed E-state index contributed by atoms with van der Waals surface area (Å²) < 4.78 is 5.24. The SMILES string of the molecule is CCCC(=O)Nc1ccc(NC(=O)C(C)C)c(OC)c1. The lowest BCUT2D eigenvalue weighted by Gasteiger charge is -2.13. The highest BCUT2D eigenvalue weighted by Crippen LogP contribution is 2.28. The monoisotopic (exact) mass is 278 g/mol. The van der Waals surface area contributed by atoms with E-state index in [1.807, 2.05) is 20.8 Å². The molecule has 1 aromatic rings. The molecule has 1 rings (SSSR count). The number of carbonyl (C=O) groups is 2. The van der Waals surface area contributed by atoms with Gasteiger partial charge in [-0.05, 0) is 18.6 Å². The van der Waals surface area contributed by atoms with Crippen LogP contribution in [0.15, 0.2) is 18.2 Å². The standard InChI is InChI=1S/C15H22N2O3/c1-5-6-14(18)16-11-7-8-12(13(9-11)20-4)17-15(19)10(2)3/h7-10H,5-6H2,1-4H3,(H,16,18)(H,17,19). The molecule has 0 atom stereocenters. The Kier molecular flexibility index (Phi) is 6.03. The Balaban J connectivity index is 2.85. The third-order valence-electron chi connectivity index (χ3n) is 2.74.